The molecule has 0 aliphatic rings. The van der Waals surface area contributed by atoms with Crippen LogP contribution >= 0.6 is 0 Å². The van der Waals surface area contributed by atoms with Crippen LogP contribution in [0.5, 0.6) is 0 Å². The van der Waals surface area contributed by atoms with Crippen molar-refractivity contribution in [2.45, 2.75) is 0 Å². The van der Waals surface area contributed by atoms with E-state index >= 15 is 0 Å². The Kier molecular flexibility index (Phi) is 8.81. The van der Waals surface area contributed by atoms with Crippen molar-refractivity contribution in [3.8, 4) is 67.5 Å². The first-order valence-corrected chi connectivity index (χ1v) is 21.4. The smallest absolute Gasteiger partial charge is 0.187 e. The van der Waals surface area contributed by atoms with Gasteiger partial charge in [0, 0.05) is 49.4 Å². The monoisotopic (exact) mass is 815 g/mol. The standard InChI is InChI=1S/C59H37N5/c1-60-44-22-16-21-41(35-44)42-31-33-57-49(36-42)47-25-10-15-30-56(47)64(57)58-34-32-43(52-38-51(39-17-4-2-5-18-39)61-59(62-52)40-19-6-3-7-20-40)37-50(58)48-26-11-14-29-55(48)63-53-27-12-8-23-45(53)46-24-9-13-28-54(46)63/h2-38H. The molecule has 0 N–H and O–H groups in total. The average molecular weight is 816 g/mol. The van der Waals surface area contributed by atoms with Gasteiger partial charge in [-0.3, -0.25) is 0 Å². The lowest BCUT2D eigenvalue weighted by molar-refractivity contribution is 1.16. The van der Waals surface area contributed by atoms with Crippen LogP contribution in [-0.4, -0.2) is 19.1 Å². The molecule has 12 rings (SSSR count). The van der Waals surface area contributed by atoms with E-state index in [2.05, 4.69) is 196 Å². The molecule has 5 heteroatoms. The quantitative estimate of drug-likeness (QED) is 0.150. The molecule has 0 aliphatic carbocycles. The summed E-state index contributed by atoms with van der Waals surface area (Å²) < 4.78 is 4.83. The topological polar surface area (TPSA) is 40.0 Å². The summed E-state index contributed by atoms with van der Waals surface area (Å²) in [5.41, 5.74) is 16.2. The Morgan fingerprint density at radius 2 is 0.828 bits per heavy atom. The molecule has 0 fully saturated rings. The molecule has 9 aromatic carbocycles. The van der Waals surface area contributed by atoms with E-state index in [-0.39, 0.29) is 0 Å². The summed E-state index contributed by atoms with van der Waals surface area (Å²) >= 11 is 0. The zero-order valence-electron chi connectivity index (χ0n) is 34.6. The van der Waals surface area contributed by atoms with Crippen molar-refractivity contribution in [2.75, 3.05) is 0 Å². The maximum absolute atomic E-state index is 7.65. The number of fused-ring (bicyclic) bond motifs is 6. The van der Waals surface area contributed by atoms with Crippen LogP contribution in [0.4, 0.5) is 5.69 Å². The van der Waals surface area contributed by atoms with E-state index in [1.165, 1.54) is 10.8 Å². The van der Waals surface area contributed by atoms with E-state index in [4.69, 9.17) is 16.5 Å². The fraction of sp³-hybridized carbons (Fsp3) is 0. The van der Waals surface area contributed by atoms with Crippen molar-refractivity contribution in [1.82, 2.24) is 19.1 Å². The van der Waals surface area contributed by atoms with Gasteiger partial charge in [-0.2, -0.15) is 0 Å². The van der Waals surface area contributed by atoms with Gasteiger partial charge in [-0.05, 0) is 71.8 Å². The maximum atomic E-state index is 7.65. The lowest BCUT2D eigenvalue weighted by Crippen LogP contribution is -2.02. The van der Waals surface area contributed by atoms with Crippen molar-refractivity contribution >= 4 is 49.3 Å². The number of benzene rings is 9. The van der Waals surface area contributed by atoms with E-state index < -0.39 is 0 Å². The molecule has 0 spiro atoms. The predicted octanol–water partition coefficient (Wildman–Crippen LogP) is 15.6. The number of rotatable bonds is 7. The zero-order valence-corrected chi connectivity index (χ0v) is 34.6. The summed E-state index contributed by atoms with van der Waals surface area (Å²) in [7, 11) is 0. The molecule has 0 unspecified atom stereocenters. The SMILES string of the molecule is [C-]#[N+]c1cccc(-c2ccc3c(c2)c2ccccc2n3-c2ccc(-c3cc(-c4ccccc4)nc(-c4ccccc4)n3)cc2-c2ccccc2-n2c3ccccc3c3ccccc32)c1. The van der Waals surface area contributed by atoms with Crippen molar-refractivity contribution in [3.05, 3.63) is 236 Å². The Morgan fingerprint density at radius 1 is 0.328 bits per heavy atom. The van der Waals surface area contributed by atoms with Crippen LogP contribution in [-0.2, 0) is 0 Å². The largest absolute Gasteiger partial charge is 0.309 e. The van der Waals surface area contributed by atoms with Gasteiger partial charge in [-0.25, -0.2) is 14.8 Å². The van der Waals surface area contributed by atoms with Crippen molar-refractivity contribution in [1.29, 1.82) is 0 Å². The molecule has 0 saturated heterocycles. The lowest BCUT2D eigenvalue weighted by Gasteiger charge is -2.20. The van der Waals surface area contributed by atoms with E-state index in [0.29, 0.717) is 11.5 Å². The highest BCUT2D eigenvalue weighted by Gasteiger charge is 2.22. The highest BCUT2D eigenvalue weighted by Crippen LogP contribution is 2.43. The molecule has 0 atom stereocenters. The summed E-state index contributed by atoms with van der Waals surface area (Å²) in [6, 6.07) is 78.8. The molecule has 0 radical (unpaired) electrons. The Labute approximate surface area is 370 Å². The van der Waals surface area contributed by atoms with E-state index in [1.54, 1.807) is 0 Å². The highest BCUT2D eigenvalue weighted by atomic mass is 15.0. The lowest BCUT2D eigenvalue weighted by atomic mass is 9.96. The first-order chi connectivity index (χ1) is 31.7. The van der Waals surface area contributed by atoms with Crippen molar-refractivity contribution < 1.29 is 0 Å². The van der Waals surface area contributed by atoms with Gasteiger partial charge in [-0.1, -0.05) is 164 Å². The summed E-state index contributed by atoms with van der Waals surface area (Å²) in [6.07, 6.45) is 0. The van der Waals surface area contributed by atoms with Crippen LogP contribution in [0.2, 0.25) is 0 Å². The van der Waals surface area contributed by atoms with Gasteiger partial charge in [0.15, 0.2) is 11.5 Å². The van der Waals surface area contributed by atoms with Crippen LogP contribution in [0.25, 0.3) is 116 Å². The Morgan fingerprint density at radius 3 is 1.50 bits per heavy atom. The number of para-hydroxylation sites is 4. The molecule has 0 amide bonds. The second-order valence-corrected chi connectivity index (χ2v) is 16.1. The maximum Gasteiger partial charge on any atom is 0.187 e. The minimum atomic E-state index is 0.627. The first-order valence-electron chi connectivity index (χ1n) is 21.4. The van der Waals surface area contributed by atoms with Crippen LogP contribution in [0.15, 0.2) is 224 Å². The summed E-state index contributed by atoms with van der Waals surface area (Å²) in [5, 5.41) is 4.72. The second-order valence-electron chi connectivity index (χ2n) is 16.1. The molecule has 3 heterocycles. The van der Waals surface area contributed by atoms with E-state index in [9.17, 15) is 0 Å². The predicted molar refractivity (Wildman–Crippen MR) is 264 cm³/mol. The van der Waals surface area contributed by atoms with Gasteiger partial charge in [0.25, 0.3) is 0 Å². The average Bonchev–Trinajstić information content (AvgIpc) is 3.89. The molecule has 0 bridgehead atoms. The third-order valence-electron chi connectivity index (χ3n) is 12.4. The van der Waals surface area contributed by atoms with Gasteiger partial charge >= 0.3 is 0 Å². The third kappa shape index (κ3) is 6.16. The number of hydrogen-bond acceptors (Lipinski definition) is 2. The van der Waals surface area contributed by atoms with Crippen molar-refractivity contribution in [3.63, 3.8) is 0 Å². The first kappa shape index (κ1) is 37.0. The Hall–Kier alpha value is -8.85. The number of nitrogens with zero attached hydrogens (tertiary/aromatic N) is 5. The summed E-state index contributed by atoms with van der Waals surface area (Å²) in [4.78, 5) is 14.1. The molecule has 5 nitrogen and oxygen atoms in total. The molecular formula is C59H37N5. The van der Waals surface area contributed by atoms with Crippen LogP contribution in [0, 0.1) is 6.57 Å². The fourth-order valence-electron chi connectivity index (χ4n) is 9.42. The van der Waals surface area contributed by atoms with Gasteiger partial charge < -0.3 is 9.13 Å². The number of aromatic nitrogens is 4. The fourth-order valence-corrected chi connectivity index (χ4v) is 9.42. The molecule has 0 saturated carbocycles. The van der Waals surface area contributed by atoms with Gasteiger partial charge in [0.2, 0.25) is 0 Å². The zero-order chi connectivity index (χ0) is 42.6. The molecule has 64 heavy (non-hydrogen) atoms. The minimum absolute atomic E-state index is 0.627. The Balaban J connectivity index is 1.15. The highest BCUT2D eigenvalue weighted by molar-refractivity contribution is 6.12. The van der Waals surface area contributed by atoms with Gasteiger partial charge in [-0.15, -0.1) is 0 Å². The third-order valence-corrected chi connectivity index (χ3v) is 12.4. The van der Waals surface area contributed by atoms with Crippen LogP contribution < -0.4 is 0 Å². The van der Waals surface area contributed by atoms with Crippen LogP contribution in [0.3, 0.4) is 0 Å². The van der Waals surface area contributed by atoms with Gasteiger partial charge in [0.05, 0.1) is 51.4 Å². The normalized spacial score (nSPS) is 11.4. The molecular weight excluding hydrogens is 779 g/mol. The molecule has 298 valence electrons. The van der Waals surface area contributed by atoms with E-state index in [1.807, 2.05) is 42.5 Å². The molecule has 3 aromatic heterocycles. The van der Waals surface area contributed by atoms with Gasteiger partial charge in [0.1, 0.15) is 0 Å². The van der Waals surface area contributed by atoms with E-state index in [0.717, 1.165) is 94.5 Å². The molecule has 12 aromatic rings. The Bertz CT molecular complexity index is 3690. The second kappa shape index (κ2) is 15.3. The summed E-state index contributed by atoms with van der Waals surface area (Å²) in [6.45, 7) is 7.65. The van der Waals surface area contributed by atoms with Crippen LogP contribution in [0.1, 0.15) is 0 Å². The minimum Gasteiger partial charge on any atom is -0.309 e. The number of hydrogen-bond donors (Lipinski definition) is 0. The van der Waals surface area contributed by atoms with Crippen molar-refractivity contribution in [2.24, 2.45) is 0 Å². The molecule has 0 aliphatic heterocycles. The summed E-state index contributed by atoms with van der Waals surface area (Å²) in [5.74, 6) is 0.674.